The third-order valence-electron chi connectivity index (χ3n) is 6.17. The number of amides is 1. The molecule has 1 aliphatic rings. The molecule has 1 unspecified atom stereocenters. The molecule has 7 nitrogen and oxygen atoms in total. The third-order valence-corrected chi connectivity index (χ3v) is 6.17. The van der Waals surface area contributed by atoms with Crippen molar-refractivity contribution in [2.75, 3.05) is 6.54 Å². The van der Waals surface area contributed by atoms with Crippen LogP contribution in [0.3, 0.4) is 0 Å². The Morgan fingerprint density at radius 1 is 1.09 bits per heavy atom. The van der Waals surface area contributed by atoms with Crippen LogP contribution in [0.25, 0.3) is 16.6 Å². The minimum Gasteiger partial charge on any atom is -0.330 e. The molecule has 1 saturated heterocycles. The Bertz CT molecular complexity index is 1340. The van der Waals surface area contributed by atoms with Crippen molar-refractivity contribution >= 4 is 22.5 Å². The molecule has 1 aliphatic heterocycles. The van der Waals surface area contributed by atoms with Crippen LogP contribution >= 0.6 is 0 Å². The molecule has 0 N–H and O–H groups in total. The number of benzene rings is 1. The normalized spacial score (nSPS) is 16.8. The van der Waals surface area contributed by atoms with Crippen LogP contribution in [0.5, 0.6) is 0 Å². The third kappa shape index (κ3) is 3.47. The SMILES string of the molecule is CC(C)Cn1c(=O)c2cc(C(=O)N3CCCCC3c3cccnc3)nn2c2ccccc21. The summed E-state index contributed by atoms with van der Waals surface area (Å²) in [6.07, 6.45) is 6.50. The van der Waals surface area contributed by atoms with Crippen molar-refractivity contribution in [2.45, 2.75) is 45.7 Å². The van der Waals surface area contributed by atoms with E-state index >= 15 is 0 Å². The van der Waals surface area contributed by atoms with E-state index in [1.807, 2.05) is 47.5 Å². The van der Waals surface area contributed by atoms with E-state index in [1.165, 1.54) is 0 Å². The number of para-hydroxylation sites is 2. The van der Waals surface area contributed by atoms with E-state index in [-0.39, 0.29) is 17.5 Å². The highest BCUT2D eigenvalue weighted by Crippen LogP contribution is 2.31. The van der Waals surface area contributed by atoms with Gasteiger partial charge >= 0.3 is 0 Å². The number of rotatable bonds is 4. The number of carbonyl (C=O) groups is 1. The maximum Gasteiger partial charge on any atom is 0.277 e. The summed E-state index contributed by atoms with van der Waals surface area (Å²) < 4.78 is 3.43. The number of likely N-dealkylation sites (tertiary alicyclic amines) is 1. The Morgan fingerprint density at radius 3 is 2.66 bits per heavy atom. The van der Waals surface area contributed by atoms with Gasteiger partial charge in [-0.15, -0.1) is 0 Å². The van der Waals surface area contributed by atoms with E-state index in [1.54, 1.807) is 21.3 Å². The van der Waals surface area contributed by atoms with Gasteiger partial charge in [-0.3, -0.25) is 14.6 Å². The largest absolute Gasteiger partial charge is 0.330 e. The van der Waals surface area contributed by atoms with Crippen molar-refractivity contribution < 1.29 is 4.79 Å². The van der Waals surface area contributed by atoms with E-state index < -0.39 is 0 Å². The second-order valence-corrected chi connectivity index (χ2v) is 8.92. The first-order valence-electron chi connectivity index (χ1n) is 11.3. The van der Waals surface area contributed by atoms with Crippen LogP contribution in [-0.2, 0) is 6.54 Å². The molecule has 164 valence electrons. The second-order valence-electron chi connectivity index (χ2n) is 8.92. The van der Waals surface area contributed by atoms with Gasteiger partial charge in [-0.2, -0.15) is 5.10 Å². The van der Waals surface area contributed by atoms with Gasteiger partial charge in [-0.25, -0.2) is 4.52 Å². The molecule has 4 aromatic rings. The molecule has 1 amide bonds. The van der Waals surface area contributed by atoms with Gasteiger partial charge in [0.05, 0.1) is 17.1 Å². The predicted octanol–water partition coefficient (Wildman–Crippen LogP) is 4.07. The highest BCUT2D eigenvalue weighted by Gasteiger charge is 2.30. The molecular weight excluding hydrogens is 402 g/mol. The highest BCUT2D eigenvalue weighted by molar-refractivity contribution is 5.94. The Morgan fingerprint density at radius 2 is 1.91 bits per heavy atom. The smallest absolute Gasteiger partial charge is 0.277 e. The quantitative estimate of drug-likeness (QED) is 0.490. The van der Waals surface area contributed by atoms with Crippen molar-refractivity contribution in [1.29, 1.82) is 0 Å². The van der Waals surface area contributed by atoms with Crippen molar-refractivity contribution in [2.24, 2.45) is 5.92 Å². The molecule has 0 radical (unpaired) electrons. The first-order valence-corrected chi connectivity index (χ1v) is 11.3. The van der Waals surface area contributed by atoms with Crippen LogP contribution in [0.15, 0.2) is 59.7 Å². The fraction of sp³-hybridized carbons (Fsp3) is 0.360. The average molecular weight is 430 g/mol. The van der Waals surface area contributed by atoms with E-state index in [4.69, 9.17) is 0 Å². The minimum absolute atomic E-state index is 0.0240. The van der Waals surface area contributed by atoms with Gasteiger partial charge in [-0.05, 0) is 48.9 Å². The molecule has 1 fully saturated rings. The summed E-state index contributed by atoms with van der Waals surface area (Å²) in [6, 6.07) is 13.3. The molecule has 0 saturated carbocycles. The van der Waals surface area contributed by atoms with Crippen LogP contribution in [0.2, 0.25) is 0 Å². The number of fused-ring (bicyclic) bond motifs is 3. The van der Waals surface area contributed by atoms with E-state index in [9.17, 15) is 9.59 Å². The maximum atomic E-state index is 13.6. The average Bonchev–Trinajstić information content (AvgIpc) is 3.28. The fourth-order valence-corrected chi connectivity index (χ4v) is 4.73. The summed E-state index contributed by atoms with van der Waals surface area (Å²) >= 11 is 0. The van der Waals surface area contributed by atoms with Gasteiger partial charge in [0.1, 0.15) is 5.52 Å². The Balaban J connectivity index is 1.62. The van der Waals surface area contributed by atoms with E-state index in [0.717, 1.165) is 35.9 Å². The van der Waals surface area contributed by atoms with Crippen LogP contribution < -0.4 is 5.56 Å². The predicted molar refractivity (Wildman–Crippen MR) is 124 cm³/mol. The summed E-state index contributed by atoms with van der Waals surface area (Å²) in [4.78, 5) is 33.1. The van der Waals surface area contributed by atoms with Crippen molar-refractivity contribution in [3.05, 3.63) is 76.5 Å². The fourth-order valence-electron chi connectivity index (χ4n) is 4.73. The van der Waals surface area contributed by atoms with Gasteiger partial charge in [-0.1, -0.05) is 32.0 Å². The zero-order valence-electron chi connectivity index (χ0n) is 18.4. The molecule has 1 aromatic carbocycles. The topological polar surface area (TPSA) is 72.5 Å². The zero-order chi connectivity index (χ0) is 22.2. The summed E-state index contributed by atoms with van der Waals surface area (Å²) in [5.74, 6) is 0.178. The lowest BCUT2D eigenvalue weighted by atomic mass is 9.96. The van der Waals surface area contributed by atoms with Crippen LogP contribution in [0.1, 0.15) is 55.2 Å². The standard InChI is InChI=1S/C25H27N5O2/c1-17(2)16-29-21-10-3-4-11-22(21)30-23(25(29)32)14-19(27-30)24(31)28-13-6-5-9-20(28)18-8-7-12-26-15-18/h3-4,7-8,10-12,14-15,17,20H,5-6,9,13,16H2,1-2H3. The van der Waals surface area contributed by atoms with Gasteiger partial charge in [0.2, 0.25) is 0 Å². The number of aromatic nitrogens is 4. The molecule has 1 atom stereocenters. The van der Waals surface area contributed by atoms with Crippen molar-refractivity contribution in [1.82, 2.24) is 24.1 Å². The maximum absolute atomic E-state index is 13.6. The second kappa shape index (κ2) is 8.22. The number of pyridine rings is 1. The van der Waals surface area contributed by atoms with E-state index in [2.05, 4.69) is 23.9 Å². The molecule has 7 heteroatoms. The van der Waals surface area contributed by atoms with E-state index in [0.29, 0.717) is 30.2 Å². The summed E-state index contributed by atoms with van der Waals surface area (Å²) in [5.41, 5.74) is 3.31. The summed E-state index contributed by atoms with van der Waals surface area (Å²) in [5, 5.41) is 4.62. The van der Waals surface area contributed by atoms with Crippen LogP contribution in [0, 0.1) is 5.92 Å². The van der Waals surface area contributed by atoms with Crippen molar-refractivity contribution in [3.8, 4) is 0 Å². The lowest BCUT2D eigenvalue weighted by Gasteiger charge is -2.35. The molecule has 0 bridgehead atoms. The molecular formula is C25H27N5O2. The number of hydrogen-bond donors (Lipinski definition) is 0. The first-order chi connectivity index (χ1) is 15.5. The first kappa shape index (κ1) is 20.4. The van der Waals surface area contributed by atoms with Crippen LogP contribution in [0.4, 0.5) is 0 Å². The van der Waals surface area contributed by atoms with Gasteiger partial charge < -0.3 is 9.47 Å². The lowest BCUT2D eigenvalue weighted by molar-refractivity contribution is 0.0605. The summed E-state index contributed by atoms with van der Waals surface area (Å²) in [7, 11) is 0. The highest BCUT2D eigenvalue weighted by atomic mass is 16.2. The Labute approximate surface area is 186 Å². The molecule has 0 aliphatic carbocycles. The monoisotopic (exact) mass is 429 g/mol. The van der Waals surface area contributed by atoms with Gasteiger partial charge in [0.25, 0.3) is 11.5 Å². The molecule has 0 spiro atoms. The number of hydrogen-bond acceptors (Lipinski definition) is 4. The summed E-state index contributed by atoms with van der Waals surface area (Å²) in [6.45, 7) is 5.46. The number of piperidine rings is 1. The Hall–Kier alpha value is -3.48. The van der Waals surface area contributed by atoms with Gasteiger partial charge in [0.15, 0.2) is 5.69 Å². The van der Waals surface area contributed by atoms with Crippen molar-refractivity contribution in [3.63, 3.8) is 0 Å². The molecule has 4 heterocycles. The zero-order valence-corrected chi connectivity index (χ0v) is 18.4. The Kier molecular flexibility index (Phi) is 5.25. The lowest BCUT2D eigenvalue weighted by Crippen LogP contribution is -2.38. The molecule has 5 rings (SSSR count). The van der Waals surface area contributed by atoms with Gasteiger partial charge in [0, 0.05) is 31.5 Å². The van der Waals surface area contributed by atoms with Crippen LogP contribution in [-0.4, -0.2) is 36.5 Å². The minimum atomic E-state index is -0.138. The number of nitrogens with zero attached hydrogens (tertiary/aromatic N) is 5. The molecule has 3 aromatic heterocycles. The number of carbonyl (C=O) groups excluding carboxylic acids is 1. The molecule has 32 heavy (non-hydrogen) atoms.